The number of carboxylic acids is 1. The van der Waals surface area contributed by atoms with Crippen LogP contribution >= 0.6 is 11.6 Å². The van der Waals surface area contributed by atoms with Crippen molar-refractivity contribution in [1.29, 1.82) is 0 Å². The molecule has 2 aromatic rings. The van der Waals surface area contributed by atoms with E-state index in [9.17, 15) is 4.79 Å². The predicted octanol–water partition coefficient (Wildman–Crippen LogP) is 2.40. The molecule has 5 nitrogen and oxygen atoms in total. The van der Waals surface area contributed by atoms with Crippen molar-refractivity contribution in [2.75, 3.05) is 0 Å². The first kappa shape index (κ1) is 10.6. The van der Waals surface area contributed by atoms with E-state index in [4.69, 9.17) is 21.1 Å². The number of aromatic nitrogens is 2. The van der Waals surface area contributed by atoms with E-state index >= 15 is 0 Å². The average Bonchev–Trinajstić information content (AvgIpc) is 2.64. The van der Waals surface area contributed by atoms with Crippen molar-refractivity contribution >= 4 is 17.6 Å². The number of halogens is 1. The highest BCUT2D eigenvalue weighted by molar-refractivity contribution is 6.30. The van der Waals surface area contributed by atoms with E-state index in [1.54, 1.807) is 18.2 Å². The van der Waals surface area contributed by atoms with Gasteiger partial charge < -0.3 is 9.52 Å². The molecule has 0 unspecified atom stereocenters. The molecule has 0 aliphatic heterocycles. The summed E-state index contributed by atoms with van der Waals surface area (Å²) in [5, 5.41) is 16.2. The van der Waals surface area contributed by atoms with Gasteiger partial charge in [-0.25, -0.2) is 4.79 Å². The monoisotopic (exact) mass is 238 g/mol. The second-order valence-electron chi connectivity index (χ2n) is 3.23. The molecule has 0 fully saturated rings. The van der Waals surface area contributed by atoms with Gasteiger partial charge in [0.1, 0.15) is 0 Å². The lowest BCUT2D eigenvalue weighted by molar-refractivity contribution is 0.0654. The molecule has 0 amide bonds. The fraction of sp³-hybridized carbons (Fsp3) is 0.100. The normalized spacial score (nSPS) is 10.4. The smallest absolute Gasteiger partial charge is 0.393 e. The minimum absolute atomic E-state index is 0.142. The summed E-state index contributed by atoms with van der Waals surface area (Å²) < 4.78 is 4.96. The van der Waals surface area contributed by atoms with Crippen LogP contribution in [0.4, 0.5) is 0 Å². The van der Waals surface area contributed by atoms with Crippen LogP contribution in [0.2, 0.25) is 5.02 Å². The van der Waals surface area contributed by atoms with E-state index in [1.165, 1.54) is 0 Å². The maximum Gasteiger partial charge on any atom is 0.393 e. The minimum Gasteiger partial charge on any atom is -0.474 e. The zero-order valence-electron chi connectivity index (χ0n) is 8.27. The van der Waals surface area contributed by atoms with E-state index in [1.807, 2.05) is 6.92 Å². The van der Waals surface area contributed by atoms with E-state index in [0.717, 1.165) is 5.56 Å². The third-order valence-electron chi connectivity index (χ3n) is 1.90. The quantitative estimate of drug-likeness (QED) is 0.869. The van der Waals surface area contributed by atoms with E-state index in [-0.39, 0.29) is 5.89 Å². The molecular weight excluding hydrogens is 232 g/mol. The molecule has 0 aliphatic carbocycles. The molecule has 6 heteroatoms. The van der Waals surface area contributed by atoms with Gasteiger partial charge in [-0.15, -0.1) is 10.2 Å². The second kappa shape index (κ2) is 3.94. The number of aryl methyl sites for hydroxylation is 1. The van der Waals surface area contributed by atoms with Crippen molar-refractivity contribution in [3.8, 4) is 11.5 Å². The highest BCUT2D eigenvalue weighted by atomic mass is 35.5. The number of nitrogens with zero attached hydrogens (tertiary/aromatic N) is 2. The predicted molar refractivity (Wildman–Crippen MR) is 56.4 cm³/mol. The van der Waals surface area contributed by atoms with Gasteiger partial charge in [0.05, 0.1) is 0 Å². The second-order valence-corrected chi connectivity index (χ2v) is 3.67. The van der Waals surface area contributed by atoms with Gasteiger partial charge in [0.15, 0.2) is 0 Å². The van der Waals surface area contributed by atoms with Crippen LogP contribution in [0.5, 0.6) is 0 Å². The van der Waals surface area contributed by atoms with Crippen LogP contribution < -0.4 is 0 Å². The third-order valence-corrected chi connectivity index (χ3v) is 2.12. The lowest BCUT2D eigenvalue weighted by Crippen LogP contribution is -1.95. The lowest BCUT2D eigenvalue weighted by atomic mass is 10.1. The largest absolute Gasteiger partial charge is 0.474 e. The third kappa shape index (κ3) is 2.04. The standard InChI is InChI=1S/C10H7ClN2O3/c1-5-2-6(4-7(11)3-5)8-12-13-9(16-8)10(14)15/h2-4H,1H3,(H,14,15). The summed E-state index contributed by atoms with van der Waals surface area (Å²) in [5.41, 5.74) is 1.53. The molecule has 0 saturated carbocycles. The Morgan fingerprint density at radius 3 is 2.69 bits per heavy atom. The lowest BCUT2D eigenvalue weighted by Gasteiger charge is -1.98. The Kier molecular flexibility index (Phi) is 2.62. The summed E-state index contributed by atoms with van der Waals surface area (Å²) in [6.45, 7) is 1.86. The molecule has 0 radical (unpaired) electrons. The van der Waals surface area contributed by atoms with Crippen LogP contribution in [0.15, 0.2) is 22.6 Å². The molecule has 2 rings (SSSR count). The summed E-state index contributed by atoms with van der Waals surface area (Å²) in [6.07, 6.45) is 0. The molecule has 1 aromatic carbocycles. The van der Waals surface area contributed by atoms with Crippen molar-refractivity contribution in [3.05, 3.63) is 34.7 Å². The van der Waals surface area contributed by atoms with Gasteiger partial charge in [-0.3, -0.25) is 0 Å². The van der Waals surface area contributed by atoms with Crippen molar-refractivity contribution in [2.24, 2.45) is 0 Å². The van der Waals surface area contributed by atoms with Crippen molar-refractivity contribution in [2.45, 2.75) is 6.92 Å². The van der Waals surface area contributed by atoms with E-state index in [2.05, 4.69) is 10.2 Å². The van der Waals surface area contributed by atoms with Crippen molar-refractivity contribution in [1.82, 2.24) is 10.2 Å². The van der Waals surface area contributed by atoms with E-state index in [0.29, 0.717) is 10.6 Å². The zero-order chi connectivity index (χ0) is 11.7. The summed E-state index contributed by atoms with van der Waals surface area (Å²) in [5.74, 6) is -1.55. The first-order valence-corrected chi connectivity index (χ1v) is 4.78. The summed E-state index contributed by atoms with van der Waals surface area (Å²) >= 11 is 5.86. The van der Waals surface area contributed by atoms with Gasteiger partial charge in [-0.05, 0) is 30.7 Å². The SMILES string of the molecule is Cc1cc(Cl)cc(-c2nnc(C(=O)O)o2)c1. The molecular formula is C10H7ClN2O3. The molecule has 0 spiro atoms. The minimum atomic E-state index is -1.25. The van der Waals surface area contributed by atoms with Crippen molar-refractivity contribution < 1.29 is 14.3 Å². The number of carbonyl (C=O) groups is 1. The Bertz CT molecular complexity index is 530. The van der Waals surface area contributed by atoms with Crippen LogP contribution in [0.1, 0.15) is 16.2 Å². The van der Waals surface area contributed by atoms with Crippen LogP contribution in [0.25, 0.3) is 11.5 Å². The Labute approximate surface area is 95.7 Å². The first-order chi connectivity index (χ1) is 7.56. The average molecular weight is 239 g/mol. The van der Waals surface area contributed by atoms with Gasteiger partial charge in [-0.1, -0.05) is 11.6 Å². The Balaban J connectivity index is 2.46. The molecule has 1 N–H and O–H groups in total. The molecule has 82 valence electrons. The number of aromatic carboxylic acids is 1. The van der Waals surface area contributed by atoms with Crippen LogP contribution in [0.3, 0.4) is 0 Å². The van der Waals surface area contributed by atoms with Crippen LogP contribution in [0, 0.1) is 6.92 Å². The molecule has 16 heavy (non-hydrogen) atoms. The van der Waals surface area contributed by atoms with E-state index < -0.39 is 11.9 Å². The van der Waals surface area contributed by atoms with Gasteiger partial charge in [0, 0.05) is 10.6 Å². The fourth-order valence-corrected chi connectivity index (χ4v) is 1.58. The zero-order valence-corrected chi connectivity index (χ0v) is 9.02. The van der Waals surface area contributed by atoms with Crippen molar-refractivity contribution in [3.63, 3.8) is 0 Å². The molecule has 0 saturated heterocycles. The molecule has 0 atom stereocenters. The number of benzene rings is 1. The maximum atomic E-state index is 10.6. The number of hydrogen-bond acceptors (Lipinski definition) is 4. The Morgan fingerprint density at radius 2 is 2.12 bits per heavy atom. The summed E-state index contributed by atoms with van der Waals surface area (Å²) in [7, 11) is 0. The number of hydrogen-bond donors (Lipinski definition) is 1. The highest BCUT2D eigenvalue weighted by Crippen LogP contribution is 2.23. The Hall–Kier alpha value is -1.88. The number of rotatable bonds is 2. The fourth-order valence-electron chi connectivity index (χ4n) is 1.29. The first-order valence-electron chi connectivity index (χ1n) is 4.40. The number of carboxylic acid groups (broad SMARTS) is 1. The highest BCUT2D eigenvalue weighted by Gasteiger charge is 2.14. The topological polar surface area (TPSA) is 76.2 Å². The maximum absolute atomic E-state index is 10.6. The van der Waals surface area contributed by atoms with Crippen LogP contribution in [-0.4, -0.2) is 21.3 Å². The van der Waals surface area contributed by atoms with Crippen LogP contribution in [-0.2, 0) is 0 Å². The Morgan fingerprint density at radius 1 is 1.38 bits per heavy atom. The van der Waals surface area contributed by atoms with Gasteiger partial charge >= 0.3 is 11.9 Å². The van der Waals surface area contributed by atoms with Gasteiger partial charge in [0.25, 0.3) is 0 Å². The summed E-state index contributed by atoms with van der Waals surface area (Å²) in [4.78, 5) is 10.6. The van der Waals surface area contributed by atoms with Gasteiger partial charge in [0.2, 0.25) is 5.89 Å². The van der Waals surface area contributed by atoms with Gasteiger partial charge in [-0.2, -0.15) is 0 Å². The molecule has 0 aliphatic rings. The molecule has 1 aromatic heterocycles. The molecule has 1 heterocycles. The molecule has 0 bridgehead atoms. The summed E-state index contributed by atoms with van der Waals surface area (Å²) in [6, 6.07) is 5.19.